The smallest absolute Gasteiger partial charge is 0.315 e. The Morgan fingerprint density at radius 1 is 0.526 bits per heavy atom. The van der Waals surface area contributed by atoms with Gasteiger partial charge in [-0.15, -0.1) is 0 Å². The van der Waals surface area contributed by atoms with Crippen molar-refractivity contribution < 1.29 is 71.2 Å². The van der Waals surface area contributed by atoms with Crippen LogP contribution in [0.5, 0.6) is 0 Å². The maximum atomic E-state index is 12.0. The summed E-state index contributed by atoms with van der Waals surface area (Å²) in [7, 11) is 0. The number of unbranched alkanes of at least 4 members (excludes halogenated alkanes) is 1. The van der Waals surface area contributed by atoms with Crippen LogP contribution in [-0.4, -0.2) is 206 Å². The van der Waals surface area contributed by atoms with Crippen LogP contribution in [0.2, 0.25) is 0 Å². The summed E-state index contributed by atoms with van der Waals surface area (Å²) < 4.78 is 65.5. The molecule has 19 heteroatoms. The first kappa shape index (κ1) is 51.4. The first-order valence-electron chi connectivity index (χ1n) is 20.4. The molecule has 0 bridgehead atoms. The molecule has 2 rings (SSSR count). The number of hydrogen-bond donors (Lipinski definition) is 3. The van der Waals surface area contributed by atoms with E-state index in [0.29, 0.717) is 183 Å². The van der Waals surface area contributed by atoms with Crippen molar-refractivity contribution in [3.8, 4) is 0 Å². The number of thioether (sulfide) groups is 1. The number of urea groups is 1. The van der Waals surface area contributed by atoms with Gasteiger partial charge in [0.2, 0.25) is 5.91 Å². The average molecular weight is 842 g/mol. The molecule has 2 aliphatic rings. The minimum absolute atomic E-state index is 0.0406. The summed E-state index contributed by atoms with van der Waals surface area (Å²) >= 11 is 1.90. The number of fused-ring (bicyclic) bond motifs is 1. The van der Waals surface area contributed by atoms with Gasteiger partial charge >= 0.3 is 6.03 Å². The van der Waals surface area contributed by atoms with Gasteiger partial charge in [-0.3, -0.25) is 9.59 Å². The van der Waals surface area contributed by atoms with Crippen molar-refractivity contribution in [1.82, 2.24) is 16.0 Å². The SMILES string of the molecule is CC(=O)CCOCCOCCOCCOCCOCCOCCOCCOCCOCCOCCOCCOCCNC(=O)CCCC[C@@H]1SC[C@@H]2NC(=O)N[C@@H]21. The fourth-order valence-electron chi connectivity index (χ4n) is 5.36. The van der Waals surface area contributed by atoms with Crippen LogP contribution >= 0.6 is 11.8 Å². The minimum atomic E-state index is -0.0625. The third-order valence-corrected chi connectivity index (χ3v) is 9.85. The molecule has 2 saturated heterocycles. The van der Waals surface area contributed by atoms with Crippen molar-refractivity contribution in [2.45, 2.75) is 56.4 Å². The Balaban J connectivity index is 1.14. The van der Waals surface area contributed by atoms with E-state index in [1.165, 1.54) is 0 Å². The second-order valence-corrected chi connectivity index (χ2v) is 14.3. The predicted molar refractivity (Wildman–Crippen MR) is 212 cm³/mol. The van der Waals surface area contributed by atoms with Crippen LogP contribution in [0.1, 0.15) is 39.0 Å². The van der Waals surface area contributed by atoms with Crippen LogP contribution in [0.3, 0.4) is 0 Å². The van der Waals surface area contributed by atoms with E-state index in [1.807, 2.05) is 11.8 Å². The zero-order valence-corrected chi connectivity index (χ0v) is 35.0. The number of carbonyl (C=O) groups excluding carboxylic acids is 3. The molecule has 3 amide bonds. The highest BCUT2D eigenvalue weighted by Gasteiger charge is 2.42. The highest BCUT2D eigenvalue weighted by Crippen LogP contribution is 2.33. The molecule has 0 unspecified atom stereocenters. The third kappa shape index (κ3) is 31.8. The third-order valence-electron chi connectivity index (χ3n) is 8.34. The average Bonchev–Trinajstić information content (AvgIpc) is 3.76. The molecule has 0 saturated carbocycles. The number of nitrogens with one attached hydrogen (secondary N) is 3. The quantitative estimate of drug-likeness (QED) is 0.0580. The van der Waals surface area contributed by atoms with Crippen LogP contribution in [0.4, 0.5) is 4.79 Å². The van der Waals surface area contributed by atoms with Crippen molar-refractivity contribution >= 4 is 29.5 Å². The lowest BCUT2D eigenvalue weighted by Crippen LogP contribution is -2.36. The highest BCUT2D eigenvalue weighted by atomic mass is 32.2. The van der Waals surface area contributed by atoms with Gasteiger partial charge in [-0.1, -0.05) is 6.42 Å². The van der Waals surface area contributed by atoms with Gasteiger partial charge in [0, 0.05) is 30.4 Å². The molecule has 2 heterocycles. The van der Waals surface area contributed by atoms with Gasteiger partial charge in [0.15, 0.2) is 0 Å². The normalized spacial score (nSPS) is 17.5. The maximum Gasteiger partial charge on any atom is 0.315 e. The molecule has 57 heavy (non-hydrogen) atoms. The summed E-state index contributed by atoms with van der Waals surface area (Å²) in [6.07, 6.45) is 3.76. The van der Waals surface area contributed by atoms with Crippen molar-refractivity contribution in [2.24, 2.45) is 0 Å². The van der Waals surface area contributed by atoms with E-state index in [-0.39, 0.29) is 29.8 Å². The molecule has 0 aromatic carbocycles. The van der Waals surface area contributed by atoms with Crippen molar-refractivity contribution in [2.75, 3.05) is 171 Å². The van der Waals surface area contributed by atoms with Crippen molar-refractivity contribution in [1.29, 1.82) is 0 Å². The van der Waals surface area contributed by atoms with Crippen LogP contribution in [0.25, 0.3) is 0 Å². The molecule has 18 nitrogen and oxygen atoms in total. The van der Waals surface area contributed by atoms with E-state index >= 15 is 0 Å². The number of amides is 3. The van der Waals surface area contributed by atoms with Crippen molar-refractivity contribution in [3.05, 3.63) is 0 Å². The van der Waals surface area contributed by atoms with E-state index in [4.69, 9.17) is 56.8 Å². The zero-order valence-electron chi connectivity index (χ0n) is 34.2. The number of ketones is 1. The maximum absolute atomic E-state index is 12.0. The van der Waals surface area contributed by atoms with Crippen molar-refractivity contribution in [3.63, 3.8) is 0 Å². The zero-order chi connectivity index (χ0) is 40.7. The molecule has 0 radical (unpaired) electrons. The molecule has 0 spiro atoms. The first-order chi connectivity index (χ1) is 28.1. The van der Waals surface area contributed by atoms with Gasteiger partial charge in [0.05, 0.1) is 171 Å². The largest absolute Gasteiger partial charge is 0.379 e. The molecule has 3 N–H and O–H groups in total. The van der Waals surface area contributed by atoms with Crippen LogP contribution in [-0.2, 0) is 66.4 Å². The Kier molecular flexibility index (Phi) is 34.7. The van der Waals surface area contributed by atoms with E-state index in [9.17, 15) is 14.4 Å². The number of Topliss-reactive ketones (excluding diaryl/α,β-unsaturated/α-hetero) is 1. The second kappa shape index (κ2) is 38.5. The molecular formula is C38H71N3O15S. The molecule has 0 aromatic rings. The predicted octanol–water partition coefficient (Wildman–Crippen LogP) is 1.01. The topological polar surface area (TPSA) is 198 Å². The molecule has 3 atom stereocenters. The molecule has 0 aliphatic carbocycles. The standard InChI is InChI=1S/C38H71N3O15S/c1-33(42)6-8-45-10-12-47-14-16-49-18-20-51-22-24-53-26-28-55-30-31-56-29-27-54-25-23-52-21-19-50-17-15-48-13-11-46-9-7-39-36(43)5-3-2-4-35-37-34(32-57-35)40-38(44)41-37/h34-35,37H,2-32H2,1H3,(H,39,43)(H2,40,41,44)/t34-,35-,37-/m0/s1. The summed E-state index contributed by atoms with van der Waals surface area (Å²) in [5.41, 5.74) is 0. The van der Waals surface area contributed by atoms with E-state index in [0.717, 1.165) is 25.0 Å². The van der Waals surface area contributed by atoms with Crippen LogP contribution < -0.4 is 16.0 Å². The van der Waals surface area contributed by atoms with E-state index < -0.39 is 0 Å². The van der Waals surface area contributed by atoms with E-state index in [1.54, 1.807) is 6.92 Å². The highest BCUT2D eigenvalue weighted by molar-refractivity contribution is 8.00. The Morgan fingerprint density at radius 3 is 1.28 bits per heavy atom. The molecule has 2 fully saturated rings. The van der Waals surface area contributed by atoms with Gasteiger partial charge in [0.1, 0.15) is 5.78 Å². The fourth-order valence-corrected chi connectivity index (χ4v) is 6.91. The number of carbonyl (C=O) groups is 3. The van der Waals surface area contributed by atoms with Gasteiger partial charge < -0.3 is 72.8 Å². The minimum Gasteiger partial charge on any atom is -0.379 e. The van der Waals surface area contributed by atoms with E-state index in [2.05, 4.69) is 16.0 Å². The molecule has 0 aromatic heterocycles. The monoisotopic (exact) mass is 841 g/mol. The lowest BCUT2D eigenvalue weighted by molar-refractivity contribution is -0.121. The Hall–Kier alpha value is -1.72. The summed E-state index contributed by atoms with van der Waals surface area (Å²) in [6, 6.07) is 0.400. The van der Waals surface area contributed by atoms with Gasteiger partial charge in [-0.2, -0.15) is 11.8 Å². The molecule has 2 aliphatic heterocycles. The van der Waals surface area contributed by atoms with Gasteiger partial charge in [0.25, 0.3) is 0 Å². The summed E-state index contributed by atoms with van der Waals surface area (Å²) in [6.45, 7) is 13.5. The van der Waals surface area contributed by atoms with Crippen LogP contribution in [0, 0.1) is 0 Å². The number of ether oxygens (including phenoxy) is 12. The number of hydrogen-bond acceptors (Lipinski definition) is 16. The van der Waals surface area contributed by atoms with Crippen LogP contribution in [0.15, 0.2) is 0 Å². The Bertz CT molecular complexity index is 977. The number of rotatable bonds is 44. The second-order valence-electron chi connectivity index (χ2n) is 13.0. The summed E-state index contributed by atoms with van der Waals surface area (Å²) in [5, 5.41) is 9.28. The Morgan fingerprint density at radius 2 is 0.895 bits per heavy atom. The summed E-state index contributed by atoms with van der Waals surface area (Å²) in [5.74, 6) is 1.12. The first-order valence-corrected chi connectivity index (χ1v) is 21.5. The Labute approximate surface area is 343 Å². The summed E-state index contributed by atoms with van der Waals surface area (Å²) in [4.78, 5) is 34.3. The fraction of sp³-hybridized carbons (Fsp3) is 0.921. The molecular weight excluding hydrogens is 770 g/mol. The lowest BCUT2D eigenvalue weighted by Gasteiger charge is -2.16. The van der Waals surface area contributed by atoms with Gasteiger partial charge in [-0.25, -0.2) is 4.79 Å². The van der Waals surface area contributed by atoms with Gasteiger partial charge in [-0.05, 0) is 19.8 Å². The lowest BCUT2D eigenvalue weighted by atomic mass is 10.0. The molecule has 334 valence electrons.